The third kappa shape index (κ3) is 10.3. The monoisotopic (exact) mass is 554 g/mol. The van der Waals surface area contributed by atoms with Gasteiger partial charge in [-0.05, 0) is 41.6 Å². The first-order valence-corrected chi connectivity index (χ1v) is 14.3. The number of thioether (sulfide) groups is 1. The van der Waals surface area contributed by atoms with E-state index in [9.17, 15) is 15.0 Å². The number of nitrogens with one attached hydrogen (secondary N) is 1. The summed E-state index contributed by atoms with van der Waals surface area (Å²) >= 11 is 1.67. The van der Waals surface area contributed by atoms with Gasteiger partial charge in [-0.1, -0.05) is 63.8 Å². The van der Waals surface area contributed by atoms with E-state index in [2.05, 4.69) is 22.1 Å². The molecule has 9 heteroatoms. The van der Waals surface area contributed by atoms with E-state index >= 15 is 0 Å². The number of benzene rings is 2. The second-order valence-electron chi connectivity index (χ2n) is 7.74. The number of aliphatic hydroxyl groups is 2. The minimum absolute atomic E-state index is 0.0364. The second kappa shape index (κ2) is 18.7. The summed E-state index contributed by atoms with van der Waals surface area (Å²) in [6.45, 7) is 8.47. The van der Waals surface area contributed by atoms with Gasteiger partial charge in [0, 0.05) is 25.0 Å². The van der Waals surface area contributed by atoms with Gasteiger partial charge in [-0.25, -0.2) is 9.78 Å². The summed E-state index contributed by atoms with van der Waals surface area (Å²) in [4.78, 5) is 16.5. The van der Waals surface area contributed by atoms with Gasteiger partial charge in [0.15, 0.2) is 0 Å². The lowest BCUT2D eigenvalue weighted by Gasteiger charge is -2.11. The molecule has 8 nitrogen and oxygen atoms in total. The fraction of sp³-hybridized carbons (Fsp3) is 0.400. The highest BCUT2D eigenvalue weighted by Gasteiger charge is 2.23. The molecule has 1 aliphatic heterocycles. The van der Waals surface area contributed by atoms with Crippen LogP contribution < -0.4 is 10.1 Å². The van der Waals surface area contributed by atoms with E-state index in [1.165, 1.54) is 0 Å². The van der Waals surface area contributed by atoms with Crippen LogP contribution in [-0.4, -0.2) is 69.6 Å². The normalized spacial score (nSPS) is 14.1. The van der Waals surface area contributed by atoms with Crippen molar-refractivity contribution in [1.29, 1.82) is 0 Å². The summed E-state index contributed by atoms with van der Waals surface area (Å²) in [5.41, 5.74) is 3.05. The number of likely N-dealkylation sites (N-methyl/N-ethyl adjacent to an activating group) is 1. The Labute approximate surface area is 237 Å². The number of imidazole rings is 1. The lowest BCUT2D eigenvalue weighted by molar-refractivity contribution is 0.226. The van der Waals surface area contributed by atoms with Crippen molar-refractivity contribution in [3.63, 3.8) is 0 Å². The molecule has 2 amide bonds. The minimum atomic E-state index is -0.444. The lowest BCUT2D eigenvalue weighted by Crippen LogP contribution is -2.24. The highest BCUT2D eigenvalue weighted by atomic mass is 32.2. The van der Waals surface area contributed by atoms with Crippen molar-refractivity contribution < 1.29 is 19.7 Å². The van der Waals surface area contributed by atoms with E-state index < -0.39 is 6.04 Å². The Kier molecular flexibility index (Phi) is 16.1. The van der Waals surface area contributed by atoms with Crippen LogP contribution in [0.1, 0.15) is 45.1 Å². The van der Waals surface area contributed by atoms with Crippen LogP contribution in [0.2, 0.25) is 0 Å². The van der Waals surface area contributed by atoms with Gasteiger partial charge in [0.2, 0.25) is 0 Å². The fourth-order valence-electron chi connectivity index (χ4n) is 3.41. The lowest BCUT2D eigenvalue weighted by atomic mass is 10.0. The molecule has 2 atom stereocenters. The molecule has 2 aromatic carbocycles. The van der Waals surface area contributed by atoms with Gasteiger partial charge in [0.05, 0.1) is 25.6 Å². The van der Waals surface area contributed by atoms with Crippen LogP contribution in [0, 0.1) is 11.8 Å². The second-order valence-corrected chi connectivity index (χ2v) is 8.78. The summed E-state index contributed by atoms with van der Waals surface area (Å²) in [5.74, 6) is 7.41. The minimum Gasteiger partial charge on any atom is -0.497 e. The number of carbonyl (C=O) groups excluding carboxylic acids is 1. The summed E-state index contributed by atoms with van der Waals surface area (Å²) < 4.78 is 6.85. The van der Waals surface area contributed by atoms with E-state index in [-0.39, 0.29) is 19.2 Å². The molecule has 0 bridgehead atoms. The Bertz CT molecular complexity index is 1150. The highest BCUT2D eigenvalue weighted by molar-refractivity contribution is 7.99. The highest BCUT2D eigenvalue weighted by Crippen LogP contribution is 2.22. The SMILES string of the molecule is CC.CC.COc1ccc(-c2ccc(C#CC(CO)n3ccnc3CO)cc2)cc1.CSC1CN(C)C(=O)N1. The zero-order valence-corrected chi connectivity index (χ0v) is 24.8. The van der Waals surface area contributed by atoms with Gasteiger partial charge in [-0.3, -0.25) is 0 Å². The van der Waals surface area contributed by atoms with E-state index in [1.54, 1.807) is 47.8 Å². The molecule has 1 fully saturated rings. The predicted octanol–water partition coefficient (Wildman–Crippen LogP) is 5.02. The summed E-state index contributed by atoms with van der Waals surface area (Å²) in [6.07, 6.45) is 5.28. The molecule has 4 rings (SSSR count). The van der Waals surface area contributed by atoms with Crippen LogP contribution in [0.15, 0.2) is 60.9 Å². The first-order chi connectivity index (χ1) is 19.0. The molecule has 1 aromatic heterocycles. The van der Waals surface area contributed by atoms with Crippen molar-refractivity contribution in [1.82, 2.24) is 19.8 Å². The van der Waals surface area contributed by atoms with Gasteiger partial charge in [0.1, 0.15) is 24.2 Å². The first-order valence-electron chi connectivity index (χ1n) is 13.0. The molecule has 212 valence electrons. The molecule has 2 heterocycles. The molecule has 0 saturated carbocycles. The van der Waals surface area contributed by atoms with Gasteiger partial charge < -0.3 is 29.7 Å². The number of ether oxygens (including phenoxy) is 1. The summed E-state index contributed by atoms with van der Waals surface area (Å²) in [5, 5.41) is 22.0. The van der Waals surface area contributed by atoms with Gasteiger partial charge >= 0.3 is 6.03 Å². The molecule has 3 aromatic rings. The first kappa shape index (κ1) is 33.6. The van der Waals surface area contributed by atoms with Crippen LogP contribution in [0.3, 0.4) is 0 Å². The molecule has 39 heavy (non-hydrogen) atoms. The van der Waals surface area contributed by atoms with Crippen LogP contribution >= 0.6 is 11.8 Å². The maximum absolute atomic E-state index is 10.7. The standard InChI is InChI=1S/C21H20N2O3.C5H10N2OS.2C2H6/c1-26-20-10-7-18(8-11-20)17-5-2-16(3-6-17)4-9-19(14-24)23-13-12-22-21(23)15-25;1-7-3-4(9-2)6-5(7)8;2*1-2/h2-3,5-8,10-13,19,24-25H,14-15H2,1H3;4H,3H2,1-2H3,(H,6,8);2*1-2H3. The van der Waals surface area contributed by atoms with Crippen molar-refractivity contribution in [2.45, 2.75) is 45.7 Å². The van der Waals surface area contributed by atoms with E-state index in [1.807, 2.05) is 82.5 Å². The number of hydrogen-bond acceptors (Lipinski definition) is 6. The molecule has 0 spiro atoms. The zero-order chi connectivity index (χ0) is 29.2. The number of carbonyl (C=O) groups is 1. The number of nitrogens with zero attached hydrogens (tertiary/aromatic N) is 3. The average Bonchev–Trinajstić information content (AvgIpc) is 3.61. The number of aliphatic hydroxyl groups excluding tert-OH is 2. The average molecular weight is 555 g/mol. The zero-order valence-electron chi connectivity index (χ0n) is 24.0. The summed E-state index contributed by atoms with van der Waals surface area (Å²) in [7, 11) is 3.45. The molecular formula is C30H42N4O4S. The smallest absolute Gasteiger partial charge is 0.318 e. The third-order valence-corrected chi connectivity index (χ3v) is 6.28. The number of amides is 2. The van der Waals surface area contributed by atoms with E-state index in [4.69, 9.17) is 4.74 Å². The number of rotatable bonds is 6. The molecule has 2 unspecified atom stereocenters. The van der Waals surface area contributed by atoms with Gasteiger partial charge in [-0.15, -0.1) is 11.8 Å². The molecule has 1 aliphatic rings. The van der Waals surface area contributed by atoms with Crippen molar-refractivity contribution in [3.05, 3.63) is 72.3 Å². The van der Waals surface area contributed by atoms with Crippen LogP contribution in [0.25, 0.3) is 11.1 Å². The van der Waals surface area contributed by atoms with Crippen molar-refractivity contribution in [2.75, 3.05) is 33.6 Å². The quantitative estimate of drug-likeness (QED) is 0.370. The number of methoxy groups -OCH3 is 1. The number of urea groups is 1. The third-order valence-electron chi connectivity index (χ3n) is 5.45. The molecule has 0 aliphatic carbocycles. The fourth-order valence-corrected chi connectivity index (χ4v) is 4.00. The van der Waals surface area contributed by atoms with Gasteiger partial charge in [-0.2, -0.15) is 0 Å². The van der Waals surface area contributed by atoms with Crippen LogP contribution in [0.4, 0.5) is 4.79 Å². The Morgan fingerprint density at radius 1 is 1.08 bits per heavy atom. The largest absolute Gasteiger partial charge is 0.497 e. The number of hydrogen-bond donors (Lipinski definition) is 3. The van der Waals surface area contributed by atoms with E-state index in [0.29, 0.717) is 11.2 Å². The Balaban J connectivity index is 0.000000489. The Morgan fingerprint density at radius 2 is 1.67 bits per heavy atom. The van der Waals surface area contributed by atoms with Gasteiger partial charge in [0.25, 0.3) is 0 Å². The molecule has 0 radical (unpaired) electrons. The predicted molar refractivity (Wildman–Crippen MR) is 161 cm³/mol. The van der Waals surface area contributed by atoms with Crippen molar-refractivity contribution in [2.24, 2.45) is 0 Å². The Hall–Kier alpha value is -3.45. The van der Waals surface area contributed by atoms with E-state index in [0.717, 1.165) is 29.0 Å². The molecule has 1 saturated heterocycles. The number of aromatic nitrogens is 2. The maximum Gasteiger partial charge on any atom is 0.318 e. The Morgan fingerprint density at radius 3 is 2.10 bits per heavy atom. The van der Waals surface area contributed by atoms with Crippen molar-refractivity contribution >= 4 is 17.8 Å². The van der Waals surface area contributed by atoms with Crippen LogP contribution in [0.5, 0.6) is 5.75 Å². The van der Waals surface area contributed by atoms with Crippen LogP contribution in [-0.2, 0) is 6.61 Å². The van der Waals surface area contributed by atoms with Crippen molar-refractivity contribution in [3.8, 4) is 28.7 Å². The summed E-state index contributed by atoms with van der Waals surface area (Å²) in [6, 6.07) is 15.4. The molecule has 3 N–H and O–H groups in total. The topological polar surface area (TPSA) is 99.8 Å². The maximum atomic E-state index is 10.7. The molecular weight excluding hydrogens is 512 g/mol.